The average Bonchev–Trinajstić information content (AvgIpc) is 3.02. The van der Waals surface area contributed by atoms with E-state index in [4.69, 9.17) is 4.74 Å². The molecule has 1 fully saturated rings. The maximum atomic E-state index is 13.5. The summed E-state index contributed by atoms with van der Waals surface area (Å²) in [6.45, 7) is 8.19. The highest BCUT2D eigenvalue weighted by molar-refractivity contribution is 6.36. The van der Waals surface area contributed by atoms with E-state index < -0.39 is 5.82 Å². The standard InChI is InChI=1S/C25H28FN3O3/c1-17-4-5-18(2)21(16-17)27-23-22(19-6-8-20(26)9-7-19)24(30)29(25(23)31)11-3-10-28-12-14-32-15-13-28/h4-9,16,27H,3,10-15H2,1-2H3. The van der Waals surface area contributed by atoms with Crippen molar-refractivity contribution in [3.8, 4) is 0 Å². The highest BCUT2D eigenvalue weighted by atomic mass is 19.1. The molecule has 6 nitrogen and oxygen atoms in total. The minimum absolute atomic E-state index is 0.238. The normalized spacial score (nSPS) is 17.4. The molecular weight excluding hydrogens is 409 g/mol. The van der Waals surface area contributed by atoms with Crippen LogP contribution in [0.15, 0.2) is 48.2 Å². The van der Waals surface area contributed by atoms with Crippen LogP contribution in [0.1, 0.15) is 23.1 Å². The van der Waals surface area contributed by atoms with E-state index in [0.29, 0.717) is 31.7 Å². The maximum absolute atomic E-state index is 13.5. The zero-order valence-corrected chi connectivity index (χ0v) is 18.5. The lowest BCUT2D eigenvalue weighted by atomic mass is 10.0. The van der Waals surface area contributed by atoms with E-state index in [9.17, 15) is 14.0 Å². The summed E-state index contributed by atoms with van der Waals surface area (Å²) in [5, 5.41) is 3.21. The van der Waals surface area contributed by atoms with Gasteiger partial charge in [-0.05, 0) is 55.2 Å². The van der Waals surface area contributed by atoms with Crippen LogP contribution in [-0.4, -0.2) is 61.0 Å². The van der Waals surface area contributed by atoms with Crippen molar-refractivity contribution < 1.29 is 18.7 Å². The zero-order valence-electron chi connectivity index (χ0n) is 18.5. The number of hydrogen-bond acceptors (Lipinski definition) is 5. The Morgan fingerprint density at radius 3 is 2.41 bits per heavy atom. The Bertz CT molecular complexity index is 1040. The van der Waals surface area contributed by atoms with Crippen molar-refractivity contribution in [2.75, 3.05) is 44.7 Å². The lowest BCUT2D eigenvalue weighted by Gasteiger charge is -2.27. The molecule has 2 aromatic rings. The fourth-order valence-electron chi connectivity index (χ4n) is 4.06. The van der Waals surface area contributed by atoms with E-state index in [1.807, 2.05) is 32.0 Å². The van der Waals surface area contributed by atoms with Gasteiger partial charge in [-0.2, -0.15) is 0 Å². The summed E-state index contributed by atoms with van der Waals surface area (Å²) < 4.78 is 18.9. The van der Waals surface area contributed by atoms with Gasteiger partial charge in [0.25, 0.3) is 11.8 Å². The first-order valence-electron chi connectivity index (χ1n) is 10.9. The third-order valence-corrected chi connectivity index (χ3v) is 5.91. The molecule has 0 saturated carbocycles. The third-order valence-electron chi connectivity index (χ3n) is 5.91. The predicted molar refractivity (Wildman–Crippen MR) is 121 cm³/mol. The van der Waals surface area contributed by atoms with Gasteiger partial charge in [0, 0.05) is 31.9 Å². The number of carbonyl (C=O) groups is 2. The number of nitrogens with one attached hydrogen (secondary N) is 1. The molecule has 168 valence electrons. The van der Waals surface area contributed by atoms with Crippen molar-refractivity contribution in [1.29, 1.82) is 0 Å². The zero-order chi connectivity index (χ0) is 22.7. The highest BCUT2D eigenvalue weighted by Gasteiger charge is 2.39. The van der Waals surface area contributed by atoms with Gasteiger partial charge in [0.15, 0.2) is 0 Å². The summed E-state index contributed by atoms with van der Waals surface area (Å²) in [7, 11) is 0. The molecule has 2 aliphatic heterocycles. The van der Waals surface area contributed by atoms with E-state index >= 15 is 0 Å². The van der Waals surface area contributed by atoms with Gasteiger partial charge in [0.2, 0.25) is 0 Å². The highest BCUT2D eigenvalue weighted by Crippen LogP contribution is 2.31. The first-order valence-corrected chi connectivity index (χ1v) is 10.9. The fraction of sp³-hybridized carbons (Fsp3) is 0.360. The van der Waals surface area contributed by atoms with E-state index in [1.165, 1.54) is 29.2 Å². The minimum atomic E-state index is -0.391. The molecule has 0 atom stereocenters. The second-order valence-corrected chi connectivity index (χ2v) is 8.27. The Hall–Kier alpha value is -3.03. The number of aryl methyl sites for hydroxylation is 2. The Morgan fingerprint density at radius 1 is 0.969 bits per heavy atom. The number of imide groups is 1. The molecule has 1 N–H and O–H groups in total. The summed E-state index contributed by atoms with van der Waals surface area (Å²) in [5.74, 6) is -1.09. The molecule has 0 unspecified atom stereocenters. The van der Waals surface area contributed by atoms with Gasteiger partial charge in [0.1, 0.15) is 11.5 Å². The van der Waals surface area contributed by atoms with Gasteiger partial charge in [-0.15, -0.1) is 0 Å². The molecule has 0 aromatic heterocycles. The maximum Gasteiger partial charge on any atom is 0.278 e. The number of morpholine rings is 1. The second-order valence-electron chi connectivity index (χ2n) is 8.27. The number of halogens is 1. The molecule has 2 aliphatic rings. The predicted octanol–water partition coefficient (Wildman–Crippen LogP) is 3.36. The molecule has 0 spiro atoms. The van der Waals surface area contributed by atoms with E-state index in [-0.39, 0.29) is 23.1 Å². The van der Waals surface area contributed by atoms with Crippen LogP contribution >= 0.6 is 0 Å². The van der Waals surface area contributed by atoms with Gasteiger partial charge < -0.3 is 10.1 Å². The lowest BCUT2D eigenvalue weighted by Crippen LogP contribution is -2.39. The molecule has 2 amide bonds. The number of anilines is 1. The Balaban J connectivity index is 1.59. The summed E-state index contributed by atoms with van der Waals surface area (Å²) in [4.78, 5) is 30.2. The topological polar surface area (TPSA) is 61.9 Å². The number of benzene rings is 2. The van der Waals surface area contributed by atoms with Gasteiger partial charge >= 0.3 is 0 Å². The van der Waals surface area contributed by atoms with Crippen molar-refractivity contribution in [3.05, 3.63) is 70.7 Å². The van der Waals surface area contributed by atoms with Crippen LogP contribution in [-0.2, 0) is 14.3 Å². The van der Waals surface area contributed by atoms with Gasteiger partial charge in [-0.1, -0.05) is 24.3 Å². The summed E-state index contributed by atoms with van der Waals surface area (Å²) in [6, 6.07) is 11.6. The summed E-state index contributed by atoms with van der Waals surface area (Å²) >= 11 is 0. The van der Waals surface area contributed by atoms with E-state index in [2.05, 4.69) is 10.2 Å². The number of ether oxygens (including phenoxy) is 1. The summed E-state index contributed by atoms with van der Waals surface area (Å²) in [5.41, 5.74) is 3.82. The summed E-state index contributed by atoms with van der Waals surface area (Å²) in [6.07, 6.45) is 0.685. The van der Waals surface area contributed by atoms with Crippen molar-refractivity contribution in [2.24, 2.45) is 0 Å². The van der Waals surface area contributed by atoms with Crippen molar-refractivity contribution in [1.82, 2.24) is 9.80 Å². The van der Waals surface area contributed by atoms with Crippen LogP contribution in [0.5, 0.6) is 0 Å². The average molecular weight is 438 g/mol. The molecule has 2 heterocycles. The van der Waals surface area contributed by atoms with Crippen molar-refractivity contribution >= 4 is 23.1 Å². The second kappa shape index (κ2) is 9.63. The van der Waals surface area contributed by atoms with Crippen molar-refractivity contribution in [3.63, 3.8) is 0 Å². The number of amides is 2. The number of carbonyl (C=O) groups excluding carboxylic acids is 2. The van der Waals surface area contributed by atoms with Crippen LogP contribution in [0.3, 0.4) is 0 Å². The monoisotopic (exact) mass is 437 g/mol. The first-order chi connectivity index (χ1) is 15.4. The minimum Gasteiger partial charge on any atom is -0.379 e. The molecule has 0 radical (unpaired) electrons. The Labute approximate surface area is 187 Å². The third kappa shape index (κ3) is 4.74. The molecule has 1 saturated heterocycles. The molecule has 2 aromatic carbocycles. The molecule has 32 heavy (non-hydrogen) atoms. The lowest BCUT2D eigenvalue weighted by molar-refractivity contribution is -0.136. The van der Waals surface area contributed by atoms with Crippen molar-refractivity contribution in [2.45, 2.75) is 20.3 Å². The molecule has 7 heteroatoms. The smallest absolute Gasteiger partial charge is 0.278 e. The van der Waals surface area contributed by atoms with E-state index in [1.54, 1.807) is 0 Å². The molecule has 4 rings (SSSR count). The molecule has 0 aliphatic carbocycles. The van der Waals surface area contributed by atoms with Gasteiger partial charge in [-0.3, -0.25) is 19.4 Å². The van der Waals surface area contributed by atoms with Gasteiger partial charge in [-0.25, -0.2) is 4.39 Å². The Kier molecular flexibility index (Phi) is 6.67. The first kappa shape index (κ1) is 22.2. The largest absolute Gasteiger partial charge is 0.379 e. The SMILES string of the molecule is Cc1ccc(C)c(NC2=C(c3ccc(F)cc3)C(=O)N(CCCN3CCOCC3)C2=O)c1. The van der Waals surface area contributed by atoms with Crippen LogP contribution < -0.4 is 5.32 Å². The molecule has 0 bridgehead atoms. The fourth-order valence-corrected chi connectivity index (χ4v) is 4.06. The number of rotatable bonds is 7. The van der Waals surface area contributed by atoms with Gasteiger partial charge in [0.05, 0.1) is 18.8 Å². The quantitative estimate of drug-likeness (QED) is 0.673. The Morgan fingerprint density at radius 2 is 1.69 bits per heavy atom. The number of nitrogens with zero attached hydrogens (tertiary/aromatic N) is 2. The van der Waals surface area contributed by atoms with Crippen LogP contribution in [0, 0.1) is 19.7 Å². The van der Waals surface area contributed by atoms with Crippen LogP contribution in [0.25, 0.3) is 5.57 Å². The number of hydrogen-bond donors (Lipinski definition) is 1. The van der Waals surface area contributed by atoms with Crippen LogP contribution in [0.2, 0.25) is 0 Å². The van der Waals surface area contributed by atoms with Crippen LogP contribution in [0.4, 0.5) is 10.1 Å². The van der Waals surface area contributed by atoms with E-state index in [0.717, 1.165) is 36.4 Å². The molecular formula is C25H28FN3O3.